The lowest BCUT2D eigenvalue weighted by Gasteiger charge is -2.13. The van der Waals surface area contributed by atoms with Crippen molar-refractivity contribution in [1.29, 1.82) is 0 Å². The number of hydrogen-bond acceptors (Lipinski definition) is 2. The van der Waals surface area contributed by atoms with Crippen LogP contribution in [-0.4, -0.2) is 6.54 Å². The van der Waals surface area contributed by atoms with E-state index in [4.69, 9.17) is 11.5 Å². The molecule has 1 atom stereocenters. The number of benzene rings is 1. The van der Waals surface area contributed by atoms with E-state index >= 15 is 0 Å². The second-order valence-corrected chi connectivity index (χ2v) is 3.80. The van der Waals surface area contributed by atoms with Crippen LogP contribution in [0.4, 0.5) is 8.78 Å². The summed E-state index contributed by atoms with van der Waals surface area (Å²) < 4.78 is 26.9. The second-order valence-electron chi connectivity index (χ2n) is 2.94. The molecule has 0 heterocycles. The number of rotatable bonds is 3. The van der Waals surface area contributed by atoms with Gasteiger partial charge in [-0.05, 0) is 41.0 Å². The molecule has 0 fully saturated rings. The molecule has 0 radical (unpaired) electrons. The maximum absolute atomic E-state index is 13.4. The van der Waals surface area contributed by atoms with Gasteiger partial charge in [-0.15, -0.1) is 0 Å². The van der Waals surface area contributed by atoms with Crippen LogP contribution >= 0.6 is 15.9 Å². The third kappa shape index (κ3) is 2.29. The molecule has 0 saturated heterocycles. The summed E-state index contributed by atoms with van der Waals surface area (Å²) in [5.41, 5.74) is 10.8. The molecule has 0 bridgehead atoms. The van der Waals surface area contributed by atoms with Gasteiger partial charge in [-0.3, -0.25) is 0 Å². The van der Waals surface area contributed by atoms with Crippen LogP contribution in [0.1, 0.15) is 18.0 Å². The number of halogens is 3. The van der Waals surface area contributed by atoms with Gasteiger partial charge < -0.3 is 11.5 Å². The zero-order valence-corrected chi connectivity index (χ0v) is 9.02. The van der Waals surface area contributed by atoms with Gasteiger partial charge in [-0.25, -0.2) is 8.78 Å². The Morgan fingerprint density at radius 3 is 2.57 bits per heavy atom. The predicted octanol–water partition coefficient (Wildman–Crippen LogP) is 2.08. The highest BCUT2D eigenvalue weighted by Crippen LogP contribution is 2.26. The smallest absolute Gasteiger partial charge is 0.145 e. The van der Waals surface area contributed by atoms with Crippen LogP contribution in [0, 0.1) is 11.6 Å². The first-order valence-electron chi connectivity index (χ1n) is 4.17. The largest absolute Gasteiger partial charge is 0.330 e. The van der Waals surface area contributed by atoms with E-state index in [1.165, 1.54) is 12.1 Å². The number of hydrogen-bond donors (Lipinski definition) is 2. The van der Waals surface area contributed by atoms with Gasteiger partial charge in [-0.2, -0.15) is 0 Å². The summed E-state index contributed by atoms with van der Waals surface area (Å²) in [6.07, 6.45) is 0.351. The van der Waals surface area contributed by atoms with Crippen molar-refractivity contribution in [3.8, 4) is 0 Å². The minimum Gasteiger partial charge on any atom is -0.330 e. The highest BCUT2D eigenvalue weighted by Gasteiger charge is 2.18. The van der Waals surface area contributed by atoms with Crippen molar-refractivity contribution in [3.63, 3.8) is 0 Å². The summed E-state index contributed by atoms with van der Waals surface area (Å²) in [6.45, 7) is 0.298. The van der Waals surface area contributed by atoms with E-state index < -0.39 is 17.7 Å². The summed E-state index contributed by atoms with van der Waals surface area (Å²) in [6, 6.07) is 1.79. The summed E-state index contributed by atoms with van der Waals surface area (Å²) in [5.74, 6) is -1.28. The Kier molecular flexibility index (Phi) is 3.97. The van der Waals surface area contributed by atoms with Crippen molar-refractivity contribution in [3.05, 3.63) is 33.8 Å². The zero-order valence-electron chi connectivity index (χ0n) is 7.43. The molecule has 1 rings (SSSR count). The Balaban J connectivity index is 3.11. The lowest BCUT2D eigenvalue weighted by molar-refractivity contribution is 0.511. The summed E-state index contributed by atoms with van der Waals surface area (Å²) >= 11 is 2.97. The molecule has 0 aliphatic carbocycles. The first kappa shape index (κ1) is 11.6. The molecule has 5 heteroatoms. The molecule has 0 aromatic heterocycles. The predicted molar refractivity (Wildman–Crippen MR) is 54.7 cm³/mol. The molecule has 1 aromatic rings. The fraction of sp³-hybridized carbons (Fsp3) is 0.333. The van der Waals surface area contributed by atoms with Crippen LogP contribution in [0.3, 0.4) is 0 Å². The van der Waals surface area contributed by atoms with E-state index in [1.807, 2.05) is 0 Å². The van der Waals surface area contributed by atoms with E-state index in [0.29, 0.717) is 13.0 Å². The van der Waals surface area contributed by atoms with Crippen LogP contribution in [0.5, 0.6) is 0 Å². The highest BCUT2D eigenvalue weighted by molar-refractivity contribution is 9.10. The quantitative estimate of drug-likeness (QED) is 0.822. The van der Waals surface area contributed by atoms with Crippen LogP contribution in [0.2, 0.25) is 0 Å². The van der Waals surface area contributed by atoms with Crippen molar-refractivity contribution >= 4 is 15.9 Å². The number of nitrogens with two attached hydrogens (primary N) is 2. The Bertz CT molecular complexity index is 331. The second kappa shape index (κ2) is 4.82. The molecule has 0 spiro atoms. The minimum atomic E-state index is -0.697. The van der Waals surface area contributed by atoms with Gasteiger partial charge in [0.1, 0.15) is 11.6 Å². The standard InChI is InChI=1S/C9H11BrF2N2/c10-5-1-2-6(11)8(9(5)12)7(14)3-4-13/h1-2,7H,3-4,13-14H2/t7-/m0/s1. The molecule has 4 N–H and O–H groups in total. The lowest BCUT2D eigenvalue weighted by Crippen LogP contribution is -2.18. The van der Waals surface area contributed by atoms with Crippen LogP contribution < -0.4 is 11.5 Å². The summed E-state index contributed by atoms with van der Waals surface area (Å²) in [5, 5.41) is 0. The van der Waals surface area contributed by atoms with Gasteiger partial charge in [0, 0.05) is 11.6 Å². The van der Waals surface area contributed by atoms with Crippen molar-refractivity contribution in [1.82, 2.24) is 0 Å². The molecule has 0 aliphatic heterocycles. The van der Waals surface area contributed by atoms with Gasteiger partial charge in [-0.1, -0.05) is 0 Å². The molecule has 14 heavy (non-hydrogen) atoms. The van der Waals surface area contributed by atoms with Crippen molar-refractivity contribution in [2.75, 3.05) is 6.54 Å². The Morgan fingerprint density at radius 1 is 1.36 bits per heavy atom. The molecular weight excluding hydrogens is 254 g/mol. The third-order valence-corrected chi connectivity index (χ3v) is 2.54. The van der Waals surface area contributed by atoms with Crippen LogP contribution in [-0.2, 0) is 0 Å². The Hall–Kier alpha value is -0.520. The van der Waals surface area contributed by atoms with E-state index in [2.05, 4.69) is 15.9 Å². The molecule has 2 nitrogen and oxygen atoms in total. The van der Waals surface area contributed by atoms with Gasteiger partial charge in [0.15, 0.2) is 0 Å². The first-order valence-corrected chi connectivity index (χ1v) is 4.96. The molecular formula is C9H11BrF2N2. The van der Waals surface area contributed by atoms with Crippen LogP contribution in [0.15, 0.2) is 16.6 Å². The molecule has 0 amide bonds. The van der Waals surface area contributed by atoms with Gasteiger partial charge in [0.05, 0.1) is 4.47 Å². The van der Waals surface area contributed by atoms with E-state index in [1.54, 1.807) is 0 Å². The average Bonchev–Trinajstić information content (AvgIpc) is 2.13. The SMILES string of the molecule is NCC[C@H](N)c1c(F)ccc(Br)c1F. The van der Waals surface area contributed by atoms with Crippen molar-refractivity contribution in [2.24, 2.45) is 11.5 Å². The highest BCUT2D eigenvalue weighted by atomic mass is 79.9. The van der Waals surface area contributed by atoms with Gasteiger partial charge in [0.25, 0.3) is 0 Å². The van der Waals surface area contributed by atoms with Crippen LogP contribution in [0.25, 0.3) is 0 Å². The maximum atomic E-state index is 13.4. The Morgan fingerprint density at radius 2 is 2.00 bits per heavy atom. The topological polar surface area (TPSA) is 52.0 Å². The van der Waals surface area contributed by atoms with Gasteiger partial charge >= 0.3 is 0 Å². The monoisotopic (exact) mass is 264 g/mol. The maximum Gasteiger partial charge on any atom is 0.145 e. The minimum absolute atomic E-state index is 0.107. The van der Waals surface area contributed by atoms with Crippen molar-refractivity contribution < 1.29 is 8.78 Å². The summed E-state index contributed by atoms with van der Waals surface area (Å²) in [7, 11) is 0. The van der Waals surface area contributed by atoms with Gasteiger partial charge in [0.2, 0.25) is 0 Å². The summed E-state index contributed by atoms with van der Waals surface area (Å²) in [4.78, 5) is 0. The molecule has 0 aliphatic rings. The molecule has 1 aromatic carbocycles. The lowest BCUT2D eigenvalue weighted by atomic mass is 10.0. The molecule has 0 saturated carbocycles. The van der Waals surface area contributed by atoms with Crippen molar-refractivity contribution in [2.45, 2.75) is 12.5 Å². The first-order chi connectivity index (χ1) is 6.57. The fourth-order valence-electron chi connectivity index (χ4n) is 1.21. The fourth-order valence-corrected chi connectivity index (χ4v) is 1.55. The Labute approximate surface area is 89.4 Å². The van der Waals surface area contributed by atoms with E-state index in [0.717, 1.165) is 0 Å². The zero-order chi connectivity index (χ0) is 10.7. The molecule has 0 unspecified atom stereocenters. The van der Waals surface area contributed by atoms with E-state index in [-0.39, 0.29) is 10.0 Å². The average molecular weight is 265 g/mol. The third-order valence-electron chi connectivity index (χ3n) is 1.93. The van der Waals surface area contributed by atoms with E-state index in [9.17, 15) is 8.78 Å². The molecule has 78 valence electrons. The normalized spacial score (nSPS) is 12.9.